The zero-order valence-electron chi connectivity index (χ0n) is 22.4. The number of rotatable bonds is 14. The third-order valence-corrected chi connectivity index (χ3v) is 6.60. The van der Waals surface area contributed by atoms with Gasteiger partial charge in [-0.1, -0.05) is 37.3 Å². The van der Waals surface area contributed by atoms with Gasteiger partial charge in [-0.2, -0.15) is 0 Å². The minimum atomic E-state index is -0.143. The summed E-state index contributed by atoms with van der Waals surface area (Å²) >= 11 is 0. The Bertz CT molecular complexity index is 1130. The Hall–Kier alpha value is -3.58. The first-order valence-electron chi connectivity index (χ1n) is 12.9. The Morgan fingerprint density at radius 3 is 2.49 bits per heavy atom. The Morgan fingerprint density at radius 1 is 1.00 bits per heavy atom. The zero-order valence-corrected chi connectivity index (χ0v) is 22.4. The Balaban J connectivity index is 1.78. The van der Waals surface area contributed by atoms with E-state index in [4.69, 9.17) is 9.47 Å². The SMILES string of the molecule is CCC(C)N(Cc1cccn1Cc1cccc(OC)c1)C(=O)CN(CCCOC)C(=O)c1ccccc1. The third-order valence-electron chi connectivity index (χ3n) is 6.60. The van der Waals surface area contributed by atoms with Gasteiger partial charge in [0.15, 0.2) is 0 Å². The molecule has 1 unspecified atom stereocenters. The van der Waals surface area contributed by atoms with Crippen LogP contribution in [-0.2, 0) is 22.6 Å². The lowest BCUT2D eigenvalue weighted by molar-refractivity contribution is -0.134. The summed E-state index contributed by atoms with van der Waals surface area (Å²) in [5, 5.41) is 0. The standard InChI is InChI=1S/C30H39N3O4/c1-5-24(2)33(22-27-15-10-17-31(27)21-25-12-9-16-28(20-25)37-4)29(34)23-32(18-11-19-36-3)30(35)26-13-7-6-8-14-26/h6-10,12-17,20,24H,5,11,18-19,21-23H2,1-4H3. The van der Waals surface area contributed by atoms with Crippen molar-refractivity contribution >= 4 is 11.8 Å². The van der Waals surface area contributed by atoms with E-state index in [1.165, 1.54) is 0 Å². The summed E-state index contributed by atoms with van der Waals surface area (Å²) < 4.78 is 12.7. The van der Waals surface area contributed by atoms with E-state index in [2.05, 4.69) is 24.5 Å². The largest absolute Gasteiger partial charge is 0.497 e. The molecule has 0 bridgehead atoms. The topological polar surface area (TPSA) is 64.0 Å². The molecule has 1 heterocycles. The molecular weight excluding hydrogens is 466 g/mol. The molecule has 7 heteroatoms. The zero-order chi connectivity index (χ0) is 26.6. The second kappa shape index (κ2) is 14.2. The van der Waals surface area contributed by atoms with Crippen LogP contribution < -0.4 is 4.74 Å². The van der Waals surface area contributed by atoms with Crippen LogP contribution in [-0.4, -0.2) is 66.1 Å². The average Bonchev–Trinajstić information content (AvgIpc) is 3.37. The Morgan fingerprint density at radius 2 is 1.78 bits per heavy atom. The molecular formula is C30H39N3O4. The number of amides is 2. The molecule has 0 aliphatic rings. The summed E-state index contributed by atoms with van der Waals surface area (Å²) in [6.45, 7) is 6.28. The van der Waals surface area contributed by atoms with Crippen LogP contribution >= 0.6 is 0 Å². The first-order chi connectivity index (χ1) is 18.0. The minimum absolute atomic E-state index is 0.0262. The lowest BCUT2D eigenvalue weighted by Crippen LogP contribution is -2.46. The van der Waals surface area contributed by atoms with Crippen LogP contribution in [0.3, 0.4) is 0 Å². The van der Waals surface area contributed by atoms with Crippen LogP contribution in [0.25, 0.3) is 0 Å². The number of ether oxygens (including phenoxy) is 2. The van der Waals surface area contributed by atoms with Gasteiger partial charge in [-0.3, -0.25) is 9.59 Å². The van der Waals surface area contributed by atoms with Gasteiger partial charge < -0.3 is 23.8 Å². The molecule has 2 amide bonds. The number of nitrogens with zero attached hydrogens (tertiary/aromatic N) is 3. The quantitative estimate of drug-likeness (QED) is 0.294. The van der Waals surface area contributed by atoms with Crippen LogP contribution in [0.15, 0.2) is 72.9 Å². The van der Waals surface area contributed by atoms with E-state index in [0.29, 0.717) is 38.2 Å². The van der Waals surface area contributed by atoms with Gasteiger partial charge >= 0.3 is 0 Å². The Labute approximate surface area is 220 Å². The van der Waals surface area contributed by atoms with Crippen molar-refractivity contribution in [1.82, 2.24) is 14.4 Å². The van der Waals surface area contributed by atoms with Crippen LogP contribution in [0.1, 0.15) is 48.3 Å². The number of hydrogen-bond acceptors (Lipinski definition) is 4. The summed E-state index contributed by atoms with van der Waals surface area (Å²) in [5.74, 6) is 0.611. The molecule has 3 rings (SSSR count). The monoisotopic (exact) mass is 505 g/mol. The molecule has 0 fully saturated rings. The highest BCUT2D eigenvalue weighted by Crippen LogP contribution is 2.18. The highest BCUT2D eigenvalue weighted by atomic mass is 16.5. The Kier molecular flexibility index (Phi) is 10.8. The van der Waals surface area contributed by atoms with Gasteiger partial charge in [0, 0.05) is 50.3 Å². The summed E-state index contributed by atoms with van der Waals surface area (Å²) in [6.07, 6.45) is 3.51. The van der Waals surface area contributed by atoms with Crippen LogP contribution in [0.2, 0.25) is 0 Å². The molecule has 3 aromatic rings. The predicted octanol–water partition coefficient (Wildman–Crippen LogP) is 4.85. The van der Waals surface area contributed by atoms with E-state index in [0.717, 1.165) is 23.4 Å². The van der Waals surface area contributed by atoms with E-state index < -0.39 is 0 Å². The van der Waals surface area contributed by atoms with Crippen LogP contribution in [0.5, 0.6) is 5.75 Å². The molecule has 7 nitrogen and oxygen atoms in total. The van der Waals surface area contributed by atoms with Gasteiger partial charge in [0.25, 0.3) is 5.91 Å². The maximum atomic E-state index is 13.7. The van der Waals surface area contributed by atoms with E-state index in [1.54, 1.807) is 31.3 Å². The first kappa shape index (κ1) is 28.0. The number of methoxy groups -OCH3 is 2. The van der Waals surface area contributed by atoms with Crippen molar-refractivity contribution in [3.05, 3.63) is 89.7 Å². The van der Waals surface area contributed by atoms with Gasteiger partial charge in [-0.15, -0.1) is 0 Å². The fourth-order valence-corrected chi connectivity index (χ4v) is 4.27. The number of aromatic nitrogens is 1. The number of carbonyl (C=O) groups excluding carboxylic acids is 2. The smallest absolute Gasteiger partial charge is 0.254 e. The van der Waals surface area contributed by atoms with Crippen LogP contribution in [0.4, 0.5) is 0 Å². The number of hydrogen-bond donors (Lipinski definition) is 0. The molecule has 0 radical (unpaired) electrons. The fourth-order valence-electron chi connectivity index (χ4n) is 4.27. The summed E-state index contributed by atoms with van der Waals surface area (Å²) in [5.41, 5.74) is 2.74. The van der Waals surface area contributed by atoms with Crippen molar-refractivity contribution in [3.63, 3.8) is 0 Å². The highest BCUT2D eigenvalue weighted by molar-refractivity contribution is 5.96. The molecule has 1 aromatic heterocycles. The molecule has 2 aromatic carbocycles. The van der Waals surface area contributed by atoms with Crippen LogP contribution in [0, 0.1) is 0 Å². The van der Waals surface area contributed by atoms with E-state index in [-0.39, 0.29) is 24.4 Å². The normalized spacial score (nSPS) is 11.7. The maximum absolute atomic E-state index is 13.7. The van der Waals surface area contributed by atoms with Crippen molar-refractivity contribution in [2.24, 2.45) is 0 Å². The average molecular weight is 506 g/mol. The second-order valence-electron chi connectivity index (χ2n) is 9.20. The maximum Gasteiger partial charge on any atom is 0.254 e. The molecule has 0 spiro atoms. The van der Waals surface area contributed by atoms with Gasteiger partial charge in [0.1, 0.15) is 12.3 Å². The molecule has 198 valence electrons. The molecule has 0 saturated heterocycles. The lowest BCUT2D eigenvalue weighted by atomic mass is 10.1. The van der Waals surface area contributed by atoms with Gasteiger partial charge in [0.05, 0.1) is 13.7 Å². The highest BCUT2D eigenvalue weighted by Gasteiger charge is 2.25. The van der Waals surface area contributed by atoms with E-state index >= 15 is 0 Å². The van der Waals surface area contributed by atoms with Crippen molar-refractivity contribution in [2.45, 2.75) is 45.8 Å². The van der Waals surface area contributed by atoms with Crippen molar-refractivity contribution in [1.29, 1.82) is 0 Å². The lowest BCUT2D eigenvalue weighted by Gasteiger charge is -2.32. The molecule has 0 N–H and O–H groups in total. The van der Waals surface area contributed by atoms with Gasteiger partial charge in [-0.25, -0.2) is 0 Å². The number of carbonyl (C=O) groups is 2. The first-order valence-corrected chi connectivity index (χ1v) is 12.9. The number of benzene rings is 2. The van der Waals surface area contributed by atoms with Crippen molar-refractivity contribution in [3.8, 4) is 5.75 Å². The molecule has 37 heavy (non-hydrogen) atoms. The van der Waals surface area contributed by atoms with Gasteiger partial charge in [-0.05, 0) is 61.7 Å². The van der Waals surface area contributed by atoms with E-state index in [1.807, 2.05) is 59.6 Å². The molecule has 0 saturated carbocycles. The van der Waals surface area contributed by atoms with E-state index in [9.17, 15) is 9.59 Å². The molecule has 0 aliphatic carbocycles. The molecule has 1 atom stereocenters. The molecule has 0 aliphatic heterocycles. The predicted molar refractivity (Wildman–Crippen MR) is 146 cm³/mol. The third kappa shape index (κ3) is 7.95. The van der Waals surface area contributed by atoms with Gasteiger partial charge in [0.2, 0.25) is 5.91 Å². The summed E-state index contributed by atoms with van der Waals surface area (Å²) in [6, 6.07) is 21.2. The van der Waals surface area contributed by atoms with Crippen molar-refractivity contribution < 1.29 is 19.1 Å². The second-order valence-corrected chi connectivity index (χ2v) is 9.20. The minimum Gasteiger partial charge on any atom is -0.497 e. The summed E-state index contributed by atoms with van der Waals surface area (Å²) in [4.78, 5) is 30.5. The summed E-state index contributed by atoms with van der Waals surface area (Å²) in [7, 11) is 3.30. The fraction of sp³-hybridized carbons (Fsp3) is 0.400. The van der Waals surface area contributed by atoms with Crippen molar-refractivity contribution in [2.75, 3.05) is 33.9 Å².